The van der Waals surface area contributed by atoms with Crippen LogP contribution in [0.1, 0.15) is 6.42 Å². The molecule has 1 rings (SSSR count). The van der Waals surface area contributed by atoms with Crippen LogP contribution in [-0.2, 0) is 9.53 Å². The van der Waals surface area contributed by atoms with Crippen LogP contribution in [0.15, 0.2) is 12.7 Å². The summed E-state index contributed by atoms with van der Waals surface area (Å²) in [6.07, 6.45) is 3.19. The Balaban J connectivity index is 0.000000640. The fraction of sp³-hybridized carbons (Fsp3) is 0.500. The molecule has 1 saturated heterocycles. The summed E-state index contributed by atoms with van der Waals surface area (Å²) in [6, 6.07) is 0. The molecule has 1 aliphatic rings. The molecule has 0 aromatic heterocycles. The number of aldehydes is 1. The first-order valence-corrected chi connectivity index (χ1v) is 2.54. The summed E-state index contributed by atoms with van der Waals surface area (Å²) in [7, 11) is 0. The molecular formula is C6H10O3. The van der Waals surface area contributed by atoms with E-state index in [1.54, 1.807) is 6.08 Å². The zero-order valence-corrected chi connectivity index (χ0v) is 5.09. The lowest BCUT2D eigenvalue weighted by molar-refractivity contribution is -0.112. The SMILES string of the molecule is C=CCC1(C=O)CO1.O. The van der Waals surface area contributed by atoms with Gasteiger partial charge in [-0.3, -0.25) is 0 Å². The van der Waals surface area contributed by atoms with E-state index < -0.39 is 5.60 Å². The van der Waals surface area contributed by atoms with E-state index in [0.29, 0.717) is 13.0 Å². The molecule has 3 heteroatoms. The van der Waals surface area contributed by atoms with Crippen molar-refractivity contribution in [2.45, 2.75) is 12.0 Å². The van der Waals surface area contributed by atoms with E-state index >= 15 is 0 Å². The molecule has 1 aliphatic heterocycles. The number of rotatable bonds is 3. The minimum absolute atomic E-state index is 0. The van der Waals surface area contributed by atoms with Crippen molar-refractivity contribution in [3.63, 3.8) is 0 Å². The van der Waals surface area contributed by atoms with Gasteiger partial charge in [0.25, 0.3) is 0 Å². The Hall–Kier alpha value is -0.670. The van der Waals surface area contributed by atoms with E-state index in [9.17, 15) is 4.79 Å². The Morgan fingerprint density at radius 1 is 1.78 bits per heavy atom. The Labute approximate surface area is 53.6 Å². The molecule has 2 N–H and O–H groups in total. The van der Waals surface area contributed by atoms with Crippen molar-refractivity contribution in [3.05, 3.63) is 12.7 Å². The van der Waals surface area contributed by atoms with Crippen LogP contribution in [0.25, 0.3) is 0 Å². The number of carbonyl (C=O) groups excluding carboxylic acids is 1. The van der Waals surface area contributed by atoms with Crippen molar-refractivity contribution in [3.8, 4) is 0 Å². The minimum Gasteiger partial charge on any atom is -0.412 e. The lowest BCUT2D eigenvalue weighted by atomic mass is 10.1. The van der Waals surface area contributed by atoms with Gasteiger partial charge in [0.05, 0.1) is 6.61 Å². The molecular weight excluding hydrogens is 120 g/mol. The van der Waals surface area contributed by atoms with E-state index in [-0.39, 0.29) is 5.48 Å². The van der Waals surface area contributed by atoms with Crippen molar-refractivity contribution in [1.82, 2.24) is 0 Å². The zero-order valence-electron chi connectivity index (χ0n) is 5.09. The minimum atomic E-state index is -0.457. The van der Waals surface area contributed by atoms with Gasteiger partial charge in [-0.1, -0.05) is 6.08 Å². The highest BCUT2D eigenvalue weighted by molar-refractivity contribution is 5.66. The van der Waals surface area contributed by atoms with E-state index in [0.717, 1.165) is 6.29 Å². The van der Waals surface area contributed by atoms with Crippen molar-refractivity contribution >= 4 is 6.29 Å². The molecule has 0 amide bonds. The number of hydrogen-bond donors (Lipinski definition) is 0. The standard InChI is InChI=1S/C6H8O2.H2O/c1-2-3-6(4-7)5-8-6;/h2,4H,1,3,5H2;1H2. The Morgan fingerprint density at radius 3 is 2.44 bits per heavy atom. The van der Waals surface area contributed by atoms with Crippen molar-refractivity contribution in [1.29, 1.82) is 0 Å². The molecule has 0 radical (unpaired) electrons. The first kappa shape index (κ1) is 8.33. The van der Waals surface area contributed by atoms with Crippen LogP contribution in [0.2, 0.25) is 0 Å². The van der Waals surface area contributed by atoms with Crippen LogP contribution >= 0.6 is 0 Å². The molecule has 3 nitrogen and oxygen atoms in total. The third-order valence-corrected chi connectivity index (χ3v) is 1.22. The smallest absolute Gasteiger partial charge is 0.154 e. The lowest BCUT2D eigenvalue weighted by Gasteiger charge is -1.92. The molecule has 0 spiro atoms. The lowest BCUT2D eigenvalue weighted by Crippen LogP contribution is -2.09. The third-order valence-electron chi connectivity index (χ3n) is 1.22. The van der Waals surface area contributed by atoms with E-state index in [2.05, 4.69) is 6.58 Å². The van der Waals surface area contributed by atoms with Gasteiger partial charge >= 0.3 is 0 Å². The summed E-state index contributed by atoms with van der Waals surface area (Å²) in [5.74, 6) is 0. The molecule has 0 aliphatic carbocycles. The predicted octanol–water partition coefficient (Wildman–Crippen LogP) is -0.294. The van der Waals surface area contributed by atoms with Crippen LogP contribution in [-0.4, -0.2) is 24.0 Å². The van der Waals surface area contributed by atoms with Gasteiger partial charge in [0.15, 0.2) is 6.29 Å². The van der Waals surface area contributed by atoms with Crippen LogP contribution in [0.3, 0.4) is 0 Å². The zero-order chi connectivity index (χ0) is 6.04. The predicted molar refractivity (Wildman–Crippen MR) is 33.2 cm³/mol. The molecule has 0 aromatic rings. The summed E-state index contributed by atoms with van der Waals surface area (Å²) in [5, 5.41) is 0. The molecule has 9 heavy (non-hydrogen) atoms. The normalized spacial score (nSPS) is 30.2. The van der Waals surface area contributed by atoms with Gasteiger partial charge in [0.2, 0.25) is 0 Å². The van der Waals surface area contributed by atoms with Gasteiger partial charge in [0, 0.05) is 6.42 Å². The summed E-state index contributed by atoms with van der Waals surface area (Å²) < 4.78 is 4.85. The molecule has 1 atom stereocenters. The molecule has 1 fully saturated rings. The van der Waals surface area contributed by atoms with Crippen molar-refractivity contribution in [2.75, 3.05) is 6.61 Å². The van der Waals surface area contributed by atoms with Gasteiger partial charge in [-0.2, -0.15) is 0 Å². The second-order valence-electron chi connectivity index (χ2n) is 1.96. The molecule has 0 bridgehead atoms. The molecule has 1 heterocycles. The fourth-order valence-electron chi connectivity index (χ4n) is 0.571. The summed E-state index contributed by atoms with van der Waals surface area (Å²) >= 11 is 0. The van der Waals surface area contributed by atoms with Gasteiger partial charge in [-0.05, 0) is 0 Å². The van der Waals surface area contributed by atoms with Gasteiger partial charge in [-0.25, -0.2) is 0 Å². The number of epoxide rings is 1. The third kappa shape index (κ3) is 1.62. The topological polar surface area (TPSA) is 61.1 Å². The summed E-state index contributed by atoms with van der Waals surface area (Å²) in [6.45, 7) is 4.07. The first-order chi connectivity index (χ1) is 3.83. The number of carbonyl (C=O) groups is 1. The van der Waals surface area contributed by atoms with Crippen LogP contribution in [0, 0.1) is 0 Å². The quantitative estimate of drug-likeness (QED) is 0.299. The van der Waals surface area contributed by atoms with Crippen LogP contribution in [0.5, 0.6) is 0 Å². The number of ether oxygens (including phenoxy) is 1. The highest BCUT2D eigenvalue weighted by atomic mass is 16.6. The van der Waals surface area contributed by atoms with Gasteiger partial charge in [0.1, 0.15) is 5.60 Å². The van der Waals surface area contributed by atoms with Crippen molar-refractivity contribution < 1.29 is 15.0 Å². The fourth-order valence-corrected chi connectivity index (χ4v) is 0.571. The second-order valence-corrected chi connectivity index (χ2v) is 1.96. The highest BCUT2D eigenvalue weighted by Gasteiger charge is 2.43. The van der Waals surface area contributed by atoms with Crippen LogP contribution < -0.4 is 0 Å². The average Bonchev–Trinajstić information content (AvgIpc) is 2.50. The van der Waals surface area contributed by atoms with Gasteiger partial charge in [-0.15, -0.1) is 6.58 Å². The summed E-state index contributed by atoms with van der Waals surface area (Å²) in [4.78, 5) is 10.1. The Bertz CT molecular complexity index is 115. The average molecular weight is 130 g/mol. The number of hydrogen-bond acceptors (Lipinski definition) is 2. The van der Waals surface area contributed by atoms with Crippen molar-refractivity contribution in [2.24, 2.45) is 0 Å². The highest BCUT2D eigenvalue weighted by Crippen LogP contribution is 2.27. The van der Waals surface area contributed by atoms with Crippen LogP contribution in [0.4, 0.5) is 0 Å². The maximum absolute atomic E-state index is 10.1. The Morgan fingerprint density at radius 2 is 2.33 bits per heavy atom. The monoisotopic (exact) mass is 130 g/mol. The largest absolute Gasteiger partial charge is 0.412 e. The van der Waals surface area contributed by atoms with E-state index in [1.807, 2.05) is 0 Å². The first-order valence-electron chi connectivity index (χ1n) is 2.54. The molecule has 0 saturated carbocycles. The Kier molecular flexibility index (Phi) is 2.55. The molecule has 52 valence electrons. The van der Waals surface area contributed by atoms with E-state index in [1.165, 1.54) is 0 Å². The molecule has 1 unspecified atom stereocenters. The van der Waals surface area contributed by atoms with Gasteiger partial charge < -0.3 is 15.0 Å². The van der Waals surface area contributed by atoms with E-state index in [4.69, 9.17) is 4.74 Å². The molecule has 0 aromatic carbocycles. The maximum atomic E-state index is 10.1. The maximum Gasteiger partial charge on any atom is 0.154 e. The second kappa shape index (κ2) is 2.75. The summed E-state index contributed by atoms with van der Waals surface area (Å²) in [5.41, 5.74) is -0.457.